The molecule has 0 bridgehead atoms. The highest BCUT2D eigenvalue weighted by Gasteiger charge is 2.29. The number of fused-ring (bicyclic) bond motifs is 3. The van der Waals surface area contributed by atoms with Gasteiger partial charge in [0, 0.05) is 5.92 Å². The fourth-order valence-electron chi connectivity index (χ4n) is 3.81. The maximum absolute atomic E-state index is 12.3. The van der Waals surface area contributed by atoms with Crippen LogP contribution in [-0.4, -0.2) is 30.1 Å². The zero-order chi connectivity index (χ0) is 20.2. The molecule has 0 spiro atoms. The van der Waals surface area contributed by atoms with Crippen molar-refractivity contribution in [2.24, 2.45) is 0 Å². The van der Waals surface area contributed by atoms with Crippen molar-refractivity contribution < 1.29 is 19.4 Å². The van der Waals surface area contributed by atoms with Gasteiger partial charge in [-0.05, 0) is 46.4 Å². The summed E-state index contributed by atoms with van der Waals surface area (Å²) >= 11 is 0. The molecule has 0 aromatic heterocycles. The van der Waals surface area contributed by atoms with Gasteiger partial charge in [0.15, 0.2) is 0 Å². The van der Waals surface area contributed by atoms with Gasteiger partial charge in [-0.3, -0.25) is 0 Å². The first kappa shape index (κ1) is 18.7. The molecule has 5 heteroatoms. The predicted molar refractivity (Wildman–Crippen MR) is 110 cm³/mol. The van der Waals surface area contributed by atoms with Gasteiger partial charge >= 0.3 is 6.09 Å². The van der Waals surface area contributed by atoms with Gasteiger partial charge in [0.1, 0.15) is 18.6 Å². The molecule has 146 valence electrons. The number of hydrogen-bond donors (Lipinski definition) is 2. The molecule has 0 radical (unpaired) electrons. The van der Waals surface area contributed by atoms with Crippen molar-refractivity contribution >= 4 is 12.4 Å². The number of nitrogens with one attached hydrogen (secondary N) is 1. The van der Waals surface area contributed by atoms with Crippen LogP contribution in [0.5, 0.6) is 5.75 Å². The lowest BCUT2D eigenvalue weighted by atomic mass is 9.98. The van der Waals surface area contributed by atoms with Gasteiger partial charge in [-0.2, -0.15) is 0 Å². The first-order valence-corrected chi connectivity index (χ1v) is 9.50. The van der Waals surface area contributed by atoms with Gasteiger partial charge in [-0.25, -0.2) is 4.79 Å². The summed E-state index contributed by atoms with van der Waals surface area (Å²) in [4.78, 5) is 23.7. The molecular formula is C24H21NO4. The lowest BCUT2D eigenvalue weighted by Crippen LogP contribution is -2.38. The zero-order valence-corrected chi connectivity index (χ0v) is 15.7. The summed E-state index contributed by atoms with van der Waals surface area (Å²) in [7, 11) is 0. The van der Waals surface area contributed by atoms with Crippen molar-refractivity contribution in [3.05, 3.63) is 89.5 Å². The van der Waals surface area contributed by atoms with Gasteiger partial charge in [0.05, 0.1) is 6.04 Å². The van der Waals surface area contributed by atoms with E-state index < -0.39 is 12.1 Å². The summed E-state index contributed by atoms with van der Waals surface area (Å²) in [5.74, 6) is 0.126. The summed E-state index contributed by atoms with van der Waals surface area (Å²) in [6.07, 6.45) is 0.394. The SMILES string of the molecule is O=C[C@H](Cc1ccc(O)cc1)NC(=O)OCC1c2ccccc2-c2ccccc21. The van der Waals surface area contributed by atoms with Crippen LogP contribution in [0.25, 0.3) is 11.1 Å². The third kappa shape index (κ3) is 3.99. The highest BCUT2D eigenvalue weighted by Crippen LogP contribution is 2.44. The van der Waals surface area contributed by atoms with E-state index in [4.69, 9.17) is 4.74 Å². The molecule has 0 aliphatic heterocycles. The normalized spacial score (nSPS) is 13.2. The number of rotatable bonds is 6. The fourth-order valence-corrected chi connectivity index (χ4v) is 3.81. The topological polar surface area (TPSA) is 75.6 Å². The first-order valence-electron chi connectivity index (χ1n) is 9.50. The second-order valence-corrected chi connectivity index (χ2v) is 7.08. The van der Waals surface area contributed by atoms with Crippen LogP contribution in [0.3, 0.4) is 0 Å². The van der Waals surface area contributed by atoms with Gasteiger partial charge in [-0.15, -0.1) is 0 Å². The number of carbonyl (C=O) groups excluding carboxylic acids is 2. The molecule has 5 nitrogen and oxygen atoms in total. The van der Waals surface area contributed by atoms with E-state index in [0.29, 0.717) is 12.7 Å². The molecule has 0 heterocycles. The highest BCUT2D eigenvalue weighted by atomic mass is 16.5. The van der Waals surface area contributed by atoms with E-state index in [1.54, 1.807) is 24.3 Å². The lowest BCUT2D eigenvalue weighted by Gasteiger charge is -2.17. The molecular weight excluding hydrogens is 366 g/mol. The predicted octanol–water partition coefficient (Wildman–Crippen LogP) is 4.04. The molecule has 1 aliphatic rings. The number of aromatic hydroxyl groups is 1. The molecule has 1 atom stereocenters. The van der Waals surface area contributed by atoms with Gasteiger partial charge in [-0.1, -0.05) is 60.7 Å². The van der Waals surface area contributed by atoms with Crippen molar-refractivity contribution in [3.63, 3.8) is 0 Å². The third-order valence-corrected chi connectivity index (χ3v) is 5.20. The fraction of sp³-hybridized carbons (Fsp3) is 0.167. The highest BCUT2D eigenvalue weighted by molar-refractivity contribution is 5.79. The molecule has 2 N–H and O–H groups in total. The number of carbonyl (C=O) groups is 2. The molecule has 4 rings (SSSR count). The largest absolute Gasteiger partial charge is 0.508 e. The smallest absolute Gasteiger partial charge is 0.407 e. The van der Waals surface area contributed by atoms with Crippen molar-refractivity contribution in [1.29, 1.82) is 0 Å². The number of phenols is 1. The number of alkyl carbamates (subject to hydrolysis) is 1. The zero-order valence-electron chi connectivity index (χ0n) is 15.7. The minimum atomic E-state index is -0.699. The van der Waals surface area contributed by atoms with Crippen molar-refractivity contribution in [2.45, 2.75) is 18.4 Å². The summed E-state index contributed by atoms with van der Waals surface area (Å²) in [5, 5.41) is 12.0. The van der Waals surface area contributed by atoms with E-state index in [-0.39, 0.29) is 18.3 Å². The quantitative estimate of drug-likeness (QED) is 0.626. The Kier molecular flexibility index (Phi) is 5.29. The number of benzene rings is 3. The Morgan fingerprint density at radius 1 is 0.966 bits per heavy atom. The molecule has 1 aliphatic carbocycles. The lowest BCUT2D eigenvalue weighted by molar-refractivity contribution is -0.109. The monoisotopic (exact) mass is 387 g/mol. The second kappa shape index (κ2) is 8.19. The maximum atomic E-state index is 12.3. The second-order valence-electron chi connectivity index (χ2n) is 7.08. The Morgan fingerprint density at radius 3 is 2.14 bits per heavy atom. The number of hydrogen-bond acceptors (Lipinski definition) is 4. The Morgan fingerprint density at radius 2 is 1.55 bits per heavy atom. The standard InChI is InChI=1S/C24H21NO4/c26-14-17(13-16-9-11-18(27)12-10-16)25-24(28)29-15-23-21-7-3-1-5-19(21)20-6-2-4-8-22(20)23/h1-12,14,17,23,27H,13,15H2,(H,25,28)/t17-/m0/s1. The molecule has 0 fully saturated rings. The van der Waals surface area contributed by atoms with E-state index in [0.717, 1.165) is 27.8 Å². The van der Waals surface area contributed by atoms with Crippen molar-refractivity contribution in [1.82, 2.24) is 5.32 Å². The molecule has 29 heavy (non-hydrogen) atoms. The van der Waals surface area contributed by atoms with E-state index in [2.05, 4.69) is 29.6 Å². The first-order chi connectivity index (χ1) is 14.2. The van der Waals surface area contributed by atoms with Crippen LogP contribution in [0.4, 0.5) is 4.79 Å². The summed E-state index contributed by atoms with van der Waals surface area (Å²) in [5.41, 5.74) is 5.43. The van der Waals surface area contributed by atoms with Crippen LogP contribution in [-0.2, 0) is 16.0 Å². The summed E-state index contributed by atoms with van der Waals surface area (Å²) in [6, 6.07) is 22.1. The van der Waals surface area contributed by atoms with Gasteiger partial charge in [0.2, 0.25) is 0 Å². The van der Waals surface area contributed by atoms with Crippen LogP contribution in [0.15, 0.2) is 72.8 Å². The Bertz CT molecular complexity index is 984. The van der Waals surface area contributed by atoms with E-state index in [1.807, 2.05) is 24.3 Å². The maximum Gasteiger partial charge on any atom is 0.407 e. The van der Waals surface area contributed by atoms with Crippen LogP contribution in [0.2, 0.25) is 0 Å². The molecule has 0 saturated heterocycles. The van der Waals surface area contributed by atoms with Crippen molar-refractivity contribution in [2.75, 3.05) is 6.61 Å². The third-order valence-electron chi connectivity index (χ3n) is 5.20. The minimum Gasteiger partial charge on any atom is -0.508 e. The van der Waals surface area contributed by atoms with Crippen molar-refractivity contribution in [3.8, 4) is 16.9 Å². The van der Waals surface area contributed by atoms with Crippen LogP contribution in [0, 0.1) is 0 Å². The Hall–Kier alpha value is -3.60. The minimum absolute atomic E-state index is 0.0278. The van der Waals surface area contributed by atoms with Crippen LogP contribution >= 0.6 is 0 Å². The Balaban J connectivity index is 1.40. The molecule has 3 aromatic rings. The number of aldehydes is 1. The summed E-state index contributed by atoms with van der Waals surface area (Å²) in [6.45, 7) is 0.199. The van der Waals surface area contributed by atoms with Gasteiger partial charge < -0.3 is 20.0 Å². The molecule has 1 amide bonds. The molecule has 0 saturated carbocycles. The number of phenolic OH excluding ortho intramolecular Hbond substituents is 1. The molecule has 3 aromatic carbocycles. The van der Waals surface area contributed by atoms with Crippen LogP contribution < -0.4 is 5.32 Å². The Labute approximate surface area is 169 Å². The van der Waals surface area contributed by atoms with E-state index in [9.17, 15) is 14.7 Å². The average Bonchev–Trinajstić information content (AvgIpc) is 3.07. The average molecular weight is 387 g/mol. The van der Waals surface area contributed by atoms with E-state index >= 15 is 0 Å². The summed E-state index contributed by atoms with van der Waals surface area (Å²) < 4.78 is 5.48. The number of amides is 1. The van der Waals surface area contributed by atoms with Gasteiger partial charge in [0.25, 0.3) is 0 Å². The number of ether oxygens (including phenoxy) is 1. The molecule has 0 unspecified atom stereocenters. The van der Waals surface area contributed by atoms with Crippen LogP contribution in [0.1, 0.15) is 22.6 Å². The van der Waals surface area contributed by atoms with E-state index in [1.165, 1.54) is 0 Å².